The fraction of sp³-hybridized carbons (Fsp3) is 0.484. The number of carbonyl (C=O) groups excluding carboxylic acids is 5. The largest absolute Gasteiger partial charge is 0.481 e. The van der Waals surface area contributed by atoms with E-state index in [1.54, 1.807) is 0 Å². The standard InChI is InChI=1S/C31H38ClN3O8/c1-19(37)23(18-36)16-27(38)25(15-20-9-10-21-6-2-3-7-22(21)14-20)34-30(42)26-8-4-5-13-35(26)31(43)24(11-12-29(40)41)33-28(39)17-32/h2-3,6-7,9-10,14,23-26,36H,4-5,8,11-13,15-18H2,1H3,(H,33,39)(H,34,42)(H,40,41)/t23-,24-,25-,26-/m0/s1. The number of amides is 3. The topological polar surface area (TPSA) is 170 Å². The Morgan fingerprint density at radius 3 is 2.37 bits per heavy atom. The Morgan fingerprint density at radius 1 is 1.00 bits per heavy atom. The summed E-state index contributed by atoms with van der Waals surface area (Å²) >= 11 is 5.59. The molecule has 2 aromatic carbocycles. The molecule has 1 aliphatic rings. The van der Waals surface area contributed by atoms with Crippen LogP contribution in [0.3, 0.4) is 0 Å². The van der Waals surface area contributed by atoms with Gasteiger partial charge in [0.2, 0.25) is 17.7 Å². The van der Waals surface area contributed by atoms with Crippen LogP contribution in [0.4, 0.5) is 0 Å². The van der Waals surface area contributed by atoms with E-state index in [1.165, 1.54) is 11.8 Å². The quantitative estimate of drug-likeness (QED) is 0.220. The Hall–Kier alpha value is -3.83. The number of nitrogens with zero attached hydrogens (tertiary/aromatic N) is 1. The Labute approximate surface area is 254 Å². The van der Waals surface area contributed by atoms with E-state index in [-0.39, 0.29) is 38.0 Å². The van der Waals surface area contributed by atoms with Crippen molar-refractivity contribution in [1.29, 1.82) is 0 Å². The van der Waals surface area contributed by atoms with Crippen molar-refractivity contribution in [2.45, 2.75) is 70.0 Å². The van der Waals surface area contributed by atoms with E-state index < -0.39 is 66.0 Å². The molecule has 3 rings (SSSR count). The van der Waals surface area contributed by atoms with E-state index in [2.05, 4.69) is 10.6 Å². The molecule has 3 amide bonds. The lowest BCUT2D eigenvalue weighted by Crippen LogP contribution is -2.59. The van der Waals surface area contributed by atoms with Crippen molar-refractivity contribution >= 4 is 57.6 Å². The van der Waals surface area contributed by atoms with Crippen molar-refractivity contribution in [2.24, 2.45) is 5.92 Å². The molecule has 0 aromatic heterocycles. The number of hydrogen-bond donors (Lipinski definition) is 4. The minimum Gasteiger partial charge on any atom is -0.481 e. The van der Waals surface area contributed by atoms with Gasteiger partial charge in [-0.3, -0.25) is 28.8 Å². The minimum atomic E-state index is -1.19. The van der Waals surface area contributed by atoms with Crippen molar-refractivity contribution in [1.82, 2.24) is 15.5 Å². The molecule has 1 aliphatic heterocycles. The molecule has 4 atom stereocenters. The summed E-state index contributed by atoms with van der Waals surface area (Å²) in [5.41, 5.74) is 0.773. The number of carbonyl (C=O) groups is 6. The van der Waals surface area contributed by atoms with Gasteiger partial charge in [-0.1, -0.05) is 42.5 Å². The molecular formula is C31H38ClN3O8. The average molecular weight is 616 g/mol. The summed E-state index contributed by atoms with van der Waals surface area (Å²) in [6.07, 6.45) is 0.831. The molecular weight excluding hydrogens is 578 g/mol. The number of benzene rings is 2. The first kappa shape index (κ1) is 33.7. The number of alkyl halides is 1. The van der Waals surface area contributed by atoms with Gasteiger partial charge in [0, 0.05) is 25.3 Å². The first-order chi connectivity index (χ1) is 20.5. The van der Waals surface area contributed by atoms with Crippen molar-refractivity contribution in [2.75, 3.05) is 19.0 Å². The highest BCUT2D eigenvalue weighted by atomic mass is 35.5. The lowest BCUT2D eigenvalue weighted by molar-refractivity contribution is -0.146. The lowest BCUT2D eigenvalue weighted by atomic mass is 9.91. The van der Waals surface area contributed by atoms with Crippen LogP contribution < -0.4 is 10.6 Å². The third-order valence-corrected chi connectivity index (χ3v) is 7.93. The number of carboxylic acid groups (broad SMARTS) is 1. The van der Waals surface area contributed by atoms with Gasteiger partial charge in [0.05, 0.1) is 12.6 Å². The number of rotatable bonds is 15. The second kappa shape index (κ2) is 16.1. The summed E-state index contributed by atoms with van der Waals surface area (Å²) in [6, 6.07) is 10.2. The third-order valence-electron chi connectivity index (χ3n) is 7.69. The van der Waals surface area contributed by atoms with Crippen LogP contribution in [0, 0.1) is 5.92 Å². The van der Waals surface area contributed by atoms with Gasteiger partial charge in [0.1, 0.15) is 23.7 Å². The van der Waals surface area contributed by atoms with E-state index in [0.29, 0.717) is 19.3 Å². The van der Waals surface area contributed by atoms with Crippen LogP contribution in [-0.2, 0) is 35.2 Å². The summed E-state index contributed by atoms with van der Waals surface area (Å²) < 4.78 is 0. The number of hydrogen-bond acceptors (Lipinski definition) is 7. The molecule has 0 radical (unpaired) electrons. The van der Waals surface area contributed by atoms with Gasteiger partial charge in [-0.15, -0.1) is 11.6 Å². The van der Waals surface area contributed by atoms with E-state index in [9.17, 15) is 33.9 Å². The predicted octanol–water partition coefficient (Wildman–Crippen LogP) is 1.99. The van der Waals surface area contributed by atoms with Gasteiger partial charge >= 0.3 is 5.97 Å². The van der Waals surface area contributed by atoms with Crippen LogP contribution >= 0.6 is 11.6 Å². The Bertz CT molecular complexity index is 1350. The summed E-state index contributed by atoms with van der Waals surface area (Å²) in [5.74, 6) is -5.07. The highest BCUT2D eigenvalue weighted by molar-refractivity contribution is 6.27. The van der Waals surface area contributed by atoms with Gasteiger partial charge in [0.25, 0.3) is 0 Å². The number of aliphatic hydroxyl groups excluding tert-OH is 1. The first-order valence-corrected chi connectivity index (χ1v) is 14.9. The molecule has 4 N–H and O–H groups in total. The maximum Gasteiger partial charge on any atom is 0.303 e. The van der Waals surface area contributed by atoms with Gasteiger partial charge < -0.3 is 25.7 Å². The maximum absolute atomic E-state index is 13.7. The summed E-state index contributed by atoms with van der Waals surface area (Å²) in [5, 5.41) is 26.0. The molecule has 0 aliphatic carbocycles. The molecule has 0 unspecified atom stereocenters. The molecule has 43 heavy (non-hydrogen) atoms. The number of halogens is 1. The predicted molar refractivity (Wildman–Crippen MR) is 159 cm³/mol. The number of Topliss-reactive ketones (excluding diaryl/α,β-unsaturated/α-hetero) is 2. The van der Waals surface area contributed by atoms with Gasteiger partial charge in [-0.25, -0.2) is 0 Å². The van der Waals surface area contributed by atoms with Crippen LogP contribution in [-0.4, -0.2) is 87.5 Å². The average Bonchev–Trinajstić information content (AvgIpc) is 3.00. The fourth-order valence-corrected chi connectivity index (χ4v) is 5.34. The van der Waals surface area contributed by atoms with E-state index in [0.717, 1.165) is 16.3 Å². The molecule has 11 nitrogen and oxygen atoms in total. The summed E-state index contributed by atoms with van der Waals surface area (Å²) in [4.78, 5) is 77.2. The molecule has 1 heterocycles. The highest BCUT2D eigenvalue weighted by Crippen LogP contribution is 2.22. The van der Waals surface area contributed by atoms with Crippen LogP contribution in [0.5, 0.6) is 0 Å². The molecule has 0 saturated carbocycles. The SMILES string of the molecule is CC(=O)[C@H](CO)CC(=O)[C@H](Cc1ccc2ccccc2c1)NC(=O)[C@@H]1CCCCN1C(=O)[C@H](CCC(=O)O)NC(=O)CCl. The number of likely N-dealkylation sites (tertiary alicyclic amines) is 1. The highest BCUT2D eigenvalue weighted by Gasteiger charge is 2.37. The zero-order valence-electron chi connectivity index (χ0n) is 24.1. The van der Waals surface area contributed by atoms with Gasteiger partial charge in [-0.2, -0.15) is 0 Å². The first-order valence-electron chi connectivity index (χ1n) is 14.3. The lowest BCUT2D eigenvalue weighted by Gasteiger charge is -2.37. The van der Waals surface area contributed by atoms with Gasteiger partial charge in [-0.05, 0) is 55.4 Å². The Balaban J connectivity index is 1.86. The second-order valence-electron chi connectivity index (χ2n) is 10.8. The van der Waals surface area contributed by atoms with Crippen molar-refractivity contribution < 1.29 is 39.0 Å². The number of aliphatic hydroxyl groups is 1. The van der Waals surface area contributed by atoms with Crippen LogP contribution in [0.25, 0.3) is 10.8 Å². The number of piperidine rings is 1. The normalized spacial score (nSPS) is 17.0. The third kappa shape index (κ3) is 9.59. The molecule has 12 heteroatoms. The second-order valence-corrected chi connectivity index (χ2v) is 11.1. The van der Waals surface area contributed by atoms with E-state index in [1.807, 2.05) is 42.5 Å². The Morgan fingerprint density at radius 2 is 1.72 bits per heavy atom. The number of carboxylic acids is 1. The number of ketones is 2. The molecule has 232 valence electrons. The minimum absolute atomic E-state index is 0.124. The summed E-state index contributed by atoms with van der Waals surface area (Å²) in [7, 11) is 0. The smallest absolute Gasteiger partial charge is 0.303 e. The molecule has 1 saturated heterocycles. The number of nitrogens with one attached hydrogen (secondary N) is 2. The molecule has 0 bridgehead atoms. The maximum atomic E-state index is 13.7. The molecule has 2 aromatic rings. The van der Waals surface area contributed by atoms with Crippen LogP contribution in [0.2, 0.25) is 0 Å². The summed E-state index contributed by atoms with van der Waals surface area (Å²) in [6.45, 7) is 0.992. The van der Waals surface area contributed by atoms with Crippen molar-refractivity contribution in [3.05, 3.63) is 48.0 Å². The van der Waals surface area contributed by atoms with Crippen molar-refractivity contribution in [3.63, 3.8) is 0 Å². The Kier molecular flexibility index (Phi) is 12.6. The molecule has 0 spiro atoms. The number of fused-ring (bicyclic) bond motifs is 1. The van der Waals surface area contributed by atoms with Crippen LogP contribution in [0.15, 0.2) is 42.5 Å². The van der Waals surface area contributed by atoms with E-state index >= 15 is 0 Å². The zero-order valence-corrected chi connectivity index (χ0v) is 24.8. The number of aliphatic carboxylic acids is 1. The van der Waals surface area contributed by atoms with Crippen LogP contribution in [0.1, 0.15) is 51.0 Å². The zero-order chi connectivity index (χ0) is 31.5. The monoisotopic (exact) mass is 615 g/mol. The van der Waals surface area contributed by atoms with Crippen molar-refractivity contribution in [3.8, 4) is 0 Å². The fourth-order valence-electron chi connectivity index (χ4n) is 5.26. The van der Waals surface area contributed by atoms with Gasteiger partial charge in [0.15, 0.2) is 5.78 Å². The molecule has 1 fully saturated rings. The van der Waals surface area contributed by atoms with E-state index in [4.69, 9.17) is 16.7 Å².